The number of hydrogen-bond acceptors (Lipinski definition) is 4. The van der Waals surface area contributed by atoms with E-state index in [4.69, 9.17) is 11.6 Å². The van der Waals surface area contributed by atoms with Crippen LogP contribution in [0.5, 0.6) is 5.75 Å². The number of aromatic nitrogens is 1. The van der Waals surface area contributed by atoms with Gasteiger partial charge in [0.05, 0.1) is 21.8 Å². The highest BCUT2D eigenvalue weighted by Gasteiger charge is 2.06. The molecule has 0 fully saturated rings. The minimum atomic E-state index is 0.261. The minimum absolute atomic E-state index is 0.261. The van der Waals surface area contributed by atoms with Gasteiger partial charge in [0, 0.05) is 5.69 Å². The lowest BCUT2D eigenvalue weighted by atomic mass is 10.3. The van der Waals surface area contributed by atoms with Gasteiger partial charge in [-0.25, -0.2) is 4.98 Å². The smallest absolute Gasteiger partial charge is 0.115 e. The summed E-state index contributed by atoms with van der Waals surface area (Å²) >= 11 is 7.72. The number of aromatic hydroxyl groups is 1. The fourth-order valence-electron chi connectivity index (χ4n) is 1.79. The van der Waals surface area contributed by atoms with Crippen LogP contribution in [-0.2, 0) is 6.54 Å². The average Bonchev–Trinajstić information content (AvgIpc) is 2.83. The molecular formula is C14H11ClN2OS. The van der Waals surface area contributed by atoms with Crippen LogP contribution in [0.15, 0.2) is 42.5 Å². The third-order valence-electron chi connectivity index (χ3n) is 2.72. The molecule has 0 unspecified atom stereocenters. The van der Waals surface area contributed by atoms with Crippen molar-refractivity contribution in [2.45, 2.75) is 6.54 Å². The first-order chi connectivity index (χ1) is 9.22. The van der Waals surface area contributed by atoms with Gasteiger partial charge >= 0.3 is 0 Å². The lowest BCUT2D eigenvalue weighted by Crippen LogP contribution is -1.98. The molecule has 0 amide bonds. The molecule has 3 nitrogen and oxygen atoms in total. The van der Waals surface area contributed by atoms with Crippen molar-refractivity contribution in [3.05, 3.63) is 52.5 Å². The number of anilines is 1. The Morgan fingerprint density at radius 3 is 2.68 bits per heavy atom. The highest BCUT2D eigenvalue weighted by molar-refractivity contribution is 7.19. The number of benzene rings is 2. The number of hydrogen-bond donors (Lipinski definition) is 2. The number of nitrogens with one attached hydrogen (secondary N) is 1. The van der Waals surface area contributed by atoms with E-state index in [1.54, 1.807) is 23.5 Å². The maximum Gasteiger partial charge on any atom is 0.115 e. The molecule has 0 atom stereocenters. The zero-order valence-corrected chi connectivity index (χ0v) is 11.5. The van der Waals surface area contributed by atoms with Crippen LogP contribution in [0, 0.1) is 0 Å². The molecule has 0 aliphatic rings. The molecule has 2 aromatic carbocycles. The second kappa shape index (κ2) is 5.07. The van der Waals surface area contributed by atoms with Gasteiger partial charge in [0.1, 0.15) is 10.8 Å². The van der Waals surface area contributed by atoms with E-state index in [1.165, 1.54) is 0 Å². The highest BCUT2D eigenvalue weighted by atomic mass is 35.5. The Kier molecular flexibility index (Phi) is 3.27. The Morgan fingerprint density at radius 2 is 1.95 bits per heavy atom. The van der Waals surface area contributed by atoms with E-state index in [1.807, 2.05) is 30.3 Å². The van der Waals surface area contributed by atoms with Gasteiger partial charge in [-0.05, 0) is 36.4 Å². The van der Waals surface area contributed by atoms with Crippen molar-refractivity contribution in [2.24, 2.45) is 0 Å². The van der Waals surface area contributed by atoms with Crippen LogP contribution in [-0.4, -0.2) is 10.1 Å². The van der Waals surface area contributed by atoms with E-state index < -0.39 is 0 Å². The number of nitrogens with zero attached hydrogens (tertiary/aromatic N) is 1. The fraction of sp³-hybridized carbons (Fsp3) is 0.0714. The first kappa shape index (κ1) is 12.3. The number of thiazole rings is 1. The molecular weight excluding hydrogens is 280 g/mol. The van der Waals surface area contributed by atoms with Crippen LogP contribution < -0.4 is 5.32 Å². The second-order valence-electron chi connectivity index (χ2n) is 4.10. The molecule has 3 aromatic rings. The van der Waals surface area contributed by atoms with Gasteiger partial charge in [0.2, 0.25) is 0 Å². The number of rotatable bonds is 3. The van der Waals surface area contributed by atoms with Gasteiger partial charge in [-0.2, -0.15) is 0 Å². The Hall–Kier alpha value is -1.78. The maximum absolute atomic E-state index is 9.22. The molecule has 2 N–H and O–H groups in total. The van der Waals surface area contributed by atoms with Crippen molar-refractivity contribution in [3.63, 3.8) is 0 Å². The van der Waals surface area contributed by atoms with Gasteiger partial charge in [-0.1, -0.05) is 17.7 Å². The highest BCUT2D eigenvalue weighted by Crippen LogP contribution is 2.29. The molecule has 0 radical (unpaired) electrons. The van der Waals surface area contributed by atoms with Gasteiger partial charge in [0.25, 0.3) is 0 Å². The number of phenols is 1. The maximum atomic E-state index is 9.22. The molecule has 1 aromatic heterocycles. The molecule has 0 saturated carbocycles. The van der Waals surface area contributed by atoms with E-state index in [9.17, 15) is 5.11 Å². The molecule has 1 heterocycles. The number of halogens is 1. The predicted molar refractivity (Wildman–Crippen MR) is 80.1 cm³/mol. The minimum Gasteiger partial charge on any atom is -0.508 e. The topological polar surface area (TPSA) is 45.1 Å². The Bertz CT molecular complexity index is 709. The molecule has 0 aliphatic carbocycles. The SMILES string of the molecule is Oc1ccc(NCc2nc3cccc(Cl)c3s2)cc1. The van der Waals surface area contributed by atoms with E-state index in [0.29, 0.717) is 6.54 Å². The van der Waals surface area contributed by atoms with Gasteiger partial charge in [0.15, 0.2) is 0 Å². The standard InChI is InChI=1S/C14H11ClN2OS/c15-11-2-1-3-12-14(11)19-13(17-12)8-16-9-4-6-10(18)7-5-9/h1-7,16,18H,8H2. The molecule has 0 saturated heterocycles. The molecule has 19 heavy (non-hydrogen) atoms. The molecule has 0 spiro atoms. The summed E-state index contributed by atoms with van der Waals surface area (Å²) in [4.78, 5) is 4.53. The molecule has 0 bridgehead atoms. The summed E-state index contributed by atoms with van der Waals surface area (Å²) in [6.07, 6.45) is 0. The van der Waals surface area contributed by atoms with Crippen LogP contribution in [0.4, 0.5) is 5.69 Å². The fourth-order valence-corrected chi connectivity index (χ4v) is 2.99. The summed E-state index contributed by atoms with van der Waals surface area (Å²) in [5.41, 5.74) is 1.88. The van der Waals surface area contributed by atoms with Crippen molar-refractivity contribution in [1.82, 2.24) is 4.98 Å². The summed E-state index contributed by atoms with van der Waals surface area (Å²) in [6, 6.07) is 12.7. The van der Waals surface area contributed by atoms with E-state index in [-0.39, 0.29) is 5.75 Å². The summed E-state index contributed by atoms with van der Waals surface area (Å²) < 4.78 is 1.02. The van der Waals surface area contributed by atoms with Crippen LogP contribution in [0.25, 0.3) is 10.2 Å². The largest absolute Gasteiger partial charge is 0.508 e. The van der Waals surface area contributed by atoms with Crippen LogP contribution >= 0.6 is 22.9 Å². The Balaban J connectivity index is 1.78. The van der Waals surface area contributed by atoms with Crippen molar-refractivity contribution in [2.75, 3.05) is 5.32 Å². The average molecular weight is 291 g/mol. The van der Waals surface area contributed by atoms with Crippen LogP contribution in [0.1, 0.15) is 5.01 Å². The van der Waals surface area contributed by atoms with Gasteiger partial charge in [-0.15, -0.1) is 11.3 Å². The summed E-state index contributed by atoms with van der Waals surface area (Å²) in [5.74, 6) is 0.261. The lowest BCUT2D eigenvalue weighted by Gasteiger charge is -2.03. The Labute approximate surface area is 119 Å². The van der Waals surface area contributed by atoms with Crippen LogP contribution in [0.3, 0.4) is 0 Å². The normalized spacial score (nSPS) is 10.8. The summed E-state index contributed by atoms with van der Waals surface area (Å²) in [6.45, 7) is 0.639. The molecule has 3 rings (SSSR count). The molecule has 0 aliphatic heterocycles. The number of fused-ring (bicyclic) bond motifs is 1. The van der Waals surface area contributed by atoms with E-state index >= 15 is 0 Å². The predicted octanol–water partition coefficient (Wildman–Crippen LogP) is 4.27. The van der Waals surface area contributed by atoms with Crippen molar-refractivity contribution < 1.29 is 5.11 Å². The van der Waals surface area contributed by atoms with E-state index in [2.05, 4.69) is 10.3 Å². The third-order valence-corrected chi connectivity index (χ3v) is 4.25. The van der Waals surface area contributed by atoms with Crippen molar-refractivity contribution >= 4 is 38.8 Å². The first-order valence-electron chi connectivity index (χ1n) is 5.79. The summed E-state index contributed by atoms with van der Waals surface area (Å²) in [5, 5.41) is 14.2. The first-order valence-corrected chi connectivity index (χ1v) is 6.99. The monoisotopic (exact) mass is 290 g/mol. The van der Waals surface area contributed by atoms with Gasteiger partial charge in [-0.3, -0.25) is 0 Å². The number of phenolic OH excluding ortho intramolecular Hbond substituents is 1. The zero-order chi connectivity index (χ0) is 13.2. The zero-order valence-electron chi connectivity index (χ0n) is 9.93. The van der Waals surface area contributed by atoms with Gasteiger partial charge < -0.3 is 10.4 Å². The van der Waals surface area contributed by atoms with Crippen LogP contribution in [0.2, 0.25) is 5.02 Å². The molecule has 5 heteroatoms. The van der Waals surface area contributed by atoms with E-state index in [0.717, 1.165) is 25.9 Å². The molecule has 96 valence electrons. The quantitative estimate of drug-likeness (QED) is 0.708. The summed E-state index contributed by atoms with van der Waals surface area (Å²) in [7, 11) is 0. The van der Waals surface area contributed by atoms with Crippen molar-refractivity contribution in [3.8, 4) is 5.75 Å². The van der Waals surface area contributed by atoms with Crippen molar-refractivity contribution in [1.29, 1.82) is 0 Å². The lowest BCUT2D eigenvalue weighted by molar-refractivity contribution is 0.475. The third kappa shape index (κ3) is 2.64. The second-order valence-corrected chi connectivity index (χ2v) is 5.59. The Morgan fingerprint density at radius 1 is 1.16 bits per heavy atom.